The average molecular weight is 393 g/mol. The number of methoxy groups -OCH3 is 1. The van der Waals surface area contributed by atoms with Crippen LogP contribution in [0.5, 0.6) is 0 Å². The zero-order valence-corrected chi connectivity index (χ0v) is 14.8. The summed E-state index contributed by atoms with van der Waals surface area (Å²) in [5.41, 5.74) is 2.58. The minimum absolute atomic E-state index is 0.0942. The molecule has 1 aliphatic heterocycles. The summed E-state index contributed by atoms with van der Waals surface area (Å²) < 4.78 is 10.8. The number of hydrogen-bond donors (Lipinski definition) is 1. The number of anilines is 2. The fraction of sp³-hybridized carbons (Fsp3) is 0.294. The second kappa shape index (κ2) is 7.19. The predicted octanol–water partition coefficient (Wildman–Crippen LogP) is 3.22. The van der Waals surface area contributed by atoms with Gasteiger partial charge in [0.05, 0.1) is 6.61 Å². The summed E-state index contributed by atoms with van der Waals surface area (Å²) in [5, 5.41) is 2.81. The van der Waals surface area contributed by atoms with Gasteiger partial charge in [0.1, 0.15) is 0 Å². The number of carbonyl (C=O) groups excluding carboxylic acids is 2. The van der Waals surface area contributed by atoms with Gasteiger partial charge >= 0.3 is 0 Å². The van der Waals surface area contributed by atoms with Gasteiger partial charge in [0.2, 0.25) is 5.91 Å². The van der Waals surface area contributed by atoms with Gasteiger partial charge in [-0.2, -0.15) is 0 Å². The molecule has 2 heterocycles. The van der Waals surface area contributed by atoms with Crippen LogP contribution in [-0.2, 0) is 16.0 Å². The van der Waals surface area contributed by atoms with Crippen molar-refractivity contribution in [2.75, 3.05) is 30.5 Å². The van der Waals surface area contributed by atoms with Gasteiger partial charge in [0.15, 0.2) is 10.4 Å². The lowest BCUT2D eigenvalue weighted by Crippen LogP contribution is -2.37. The molecule has 0 saturated heterocycles. The van der Waals surface area contributed by atoms with Gasteiger partial charge in [-0.25, -0.2) is 0 Å². The van der Waals surface area contributed by atoms with E-state index in [2.05, 4.69) is 21.2 Å². The van der Waals surface area contributed by atoms with Crippen molar-refractivity contribution >= 4 is 39.1 Å². The normalized spacial score (nSPS) is 13.8. The van der Waals surface area contributed by atoms with E-state index in [0.29, 0.717) is 36.4 Å². The molecular formula is C17H17BrN2O4. The van der Waals surface area contributed by atoms with Crippen LogP contribution in [0, 0.1) is 0 Å². The molecule has 1 aliphatic rings. The standard InChI is InChI=1S/C17H17BrN2O4/c1-23-9-8-20-13-4-3-12(10-11(13)2-7-16(20)21)19-17(22)14-5-6-15(18)24-14/h3-6,10H,2,7-9H2,1H3,(H,19,22). The van der Waals surface area contributed by atoms with Crippen molar-refractivity contribution in [3.8, 4) is 0 Å². The number of ether oxygens (including phenoxy) is 1. The molecule has 0 aliphatic carbocycles. The van der Waals surface area contributed by atoms with Crippen molar-refractivity contribution in [1.29, 1.82) is 0 Å². The number of hydrogen-bond acceptors (Lipinski definition) is 4. The fourth-order valence-corrected chi connectivity index (χ4v) is 3.00. The van der Waals surface area contributed by atoms with Crippen LogP contribution in [0.15, 0.2) is 39.4 Å². The first-order valence-electron chi connectivity index (χ1n) is 7.57. The second-order valence-electron chi connectivity index (χ2n) is 5.44. The zero-order valence-electron chi connectivity index (χ0n) is 13.2. The van der Waals surface area contributed by atoms with Crippen LogP contribution in [-0.4, -0.2) is 32.1 Å². The molecule has 0 radical (unpaired) electrons. The number of fused-ring (bicyclic) bond motifs is 1. The number of rotatable bonds is 5. The molecule has 6 nitrogen and oxygen atoms in total. The molecule has 3 rings (SSSR count). The number of amides is 2. The van der Waals surface area contributed by atoms with E-state index in [0.717, 1.165) is 11.3 Å². The smallest absolute Gasteiger partial charge is 0.291 e. The summed E-state index contributed by atoms with van der Waals surface area (Å²) in [4.78, 5) is 26.0. The maximum atomic E-state index is 12.1. The first-order valence-corrected chi connectivity index (χ1v) is 8.36. The first-order chi connectivity index (χ1) is 11.6. The van der Waals surface area contributed by atoms with E-state index in [1.54, 1.807) is 30.2 Å². The van der Waals surface area contributed by atoms with E-state index in [1.165, 1.54) is 0 Å². The lowest BCUT2D eigenvalue weighted by atomic mass is 10.0. The monoisotopic (exact) mass is 392 g/mol. The third kappa shape index (κ3) is 3.52. The van der Waals surface area contributed by atoms with Gasteiger partial charge in [0.25, 0.3) is 5.91 Å². The molecule has 1 aromatic heterocycles. The number of carbonyl (C=O) groups is 2. The van der Waals surface area contributed by atoms with Crippen LogP contribution in [0.3, 0.4) is 0 Å². The maximum Gasteiger partial charge on any atom is 0.291 e. The molecule has 0 atom stereocenters. The topological polar surface area (TPSA) is 71.8 Å². The number of aryl methyl sites for hydroxylation is 1. The van der Waals surface area contributed by atoms with Gasteiger partial charge < -0.3 is 19.4 Å². The third-order valence-corrected chi connectivity index (χ3v) is 4.28. The van der Waals surface area contributed by atoms with E-state index in [1.807, 2.05) is 12.1 Å². The minimum atomic E-state index is -0.316. The largest absolute Gasteiger partial charge is 0.444 e. The van der Waals surface area contributed by atoms with Gasteiger partial charge in [0, 0.05) is 31.5 Å². The highest BCUT2D eigenvalue weighted by Crippen LogP contribution is 2.30. The molecule has 0 spiro atoms. The molecule has 1 aromatic carbocycles. The van der Waals surface area contributed by atoms with E-state index in [-0.39, 0.29) is 17.6 Å². The average Bonchev–Trinajstić information content (AvgIpc) is 3.01. The molecule has 7 heteroatoms. The summed E-state index contributed by atoms with van der Waals surface area (Å²) >= 11 is 3.17. The van der Waals surface area contributed by atoms with E-state index in [4.69, 9.17) is 9.15 Å². The van der Waals surface area contributed by atoms with Gasteiger partial charge in [-0.05, 0) is 58.2 Å². The van der Waals surface area contributed by atoms with E-state index >= 15 is 0 Å². The Morgan fingerprint density at radius 2 is 2.17 bits per heavy atom. The molecule has 2 amide bonds. The van der Waals surface area contributed by atoms with Gasteiger partial charge in [-0.15, -0.1) is 0 Å². The van der Waals surface area contributed by atoms with Crippen molar-refractivity contribution in [2.45, 2.75) is 12.8 Å². The van der Waals surface area contributed by atoms with Gasteiger partial charge in [-0.3, -0.25) is 9.59 Å². The highest BCUT2D eigenvalue weighted by molar-refractivity contribution is 9.10. The molecule has 0 saturated carbocycles. The Hall–Kier alpha value is -2.12. The maximum absolute atomic E-state index is 12.1. The predicted molar refractivity (Wildman–Crippen MR) is 93.4 cm³/mol. The van der Waals surface area contributed by atoms with Crippen LogP contribution in [0.2, 0.25) is 0 Å². The van der Waals surface area contributed by atoms with Crippen molar-refractivity contribution in [3.05, 3.63) is 46.3 Å². The van der Waals surface area contributed by atoms with Crippen molar-refractivity contribution in [2.24, 2.45) is 0 Å². The molecule has 24 heavy (non-hydrogen) atoms. The Labute approximate surface area is 147 Å². The molecular weight excluding hydrogens is 376 g/mol. The Bertz CT molecular complexity index is 772. The summed E-state index contributed by atoms with van der Waals surface area (Å²) in [6.07, 6.45) is 1.12. The molecule has 126 valence electrons. The lowest BCUT2D eigenvalue weighted by Gasteiger charge is -2.29. The summed E-state index contributed by atoms with van der Waals surface area (Å²) in [7, 11) is 1.61. The Balaban J connectivity index is 1.78. The number of nitrogens with zero attached hydrogens (tertiary/aromatic N) is 1. The van der Waals surface area contributed by atoms with Crippen molar-refractivity contribution in [1.82, 2.24) is 0 Å². The molecule has 0 unspecified atom stereocenters. The summed E-state index contributed by atoms with van der Waals surface area (Å²) in [6, 6.07) is 8.81. The molecule has 0 fully saturated rings. The van der Waals surface area contributed by atoms with Crippen LogP contribution in [0.4, 0.5) is 11.4 Å². The molecule has 0 bridgehead atoms. The highest BCUT2D eigenvalue weighted by atomic mass is 79.9. The number of benzene rings is 1. The summed E-state index contributed by atoms with van der Waals surface area (Å²) in [5.74, 6) is 0.0111. The third-order valence-electron chi connectivity index (χ3n) is 3.85. The van der Waals surface area contributed by atoms with Crippen LogP contribution in [0.1, 0.15) is 22.5 Å². The molecule has 1 N–H and O–H groups in total. The second-order valence-corrected chi connectivity index (χ2v) is 6.22. The highest BCUT2D eigenvalue weighted by Gasteiger charge is 2.24. The molecule has 2 aromatic rings. The number of halogens is 1. The first kappa shape index (κ1) is 16.7. The lowest BCUT2D eigenvalue weighted by molar-refractivity contribution is -0.119. The van der Waals surface area contributed by atoms with Crippen molar-refractivity contribution in [3.63, 3.8) is 0 Å². The Morgan fingerprint density at radius 3 is 2.88 bits per heavy atom. The quantitative estimate of drug-likeness (QED) is 0.847. The zero-order chi connectivity index (χ0) is 17.1. The summed E-state index contributed by atoms with van der Waals surface area (Å²) in [6.45, 7) is 1.01. The van der Waals surface area contributed by atoms with Crippen LogP contribution in [0.25, 0.3) is 0 Å². The fourth-order valence-electron chi connectivity index (χ4n) is 2.69. The van der Waals surface area contributed by atoms with E-state index < -0.39 is 0 Å². The van der Waals surface area contributed by atoms with Crippen LogP contribution < -0.4 is 10.2 Å². The Kier molecular flexibility index (Phi) is 5.01. The van der Waals surface area contributed by atoms with Crippen molar-refractivity contribution < 1.29 is 18.7 Å². The van der Waals surface area contributed by atoms with Gasteiger partial charge in [-0.1, -0.05) is 0 Å². The number of nitrogens with one attached hydrogen (secondary N) is 1. The number of furan rings is 1. The Morgan fingerprint density at radius 1 is 1.33 bits per heavy atom. The van der Waals surface area contributed by atoms with Crippen LogP contribution >= 0.6 is 15.9 Å². The van der Waals surface area contributed by atoms with E-state index in [9.17, 15) is 9.59 Å². The SMILES string of the molecule is COCCN1C(=O)CCc2cc(NC(=O)c3ccc(Br)o3)ccc21. The minimum Gasteiger partial charge on any atom is -0.444 e.